The van der Waals surface area contributed by atoms with Gasteiger partial charge in [0, 0.05) is 49.1 Å². The van der Waals surface area contributed by atoms with Crippen molar-refractivity contribution in [3.8, 4) is 11.1 Å². The van der Waals surface area contributed by atoms with Crippen molar-refractivity contribution >= 4 is 72.3 Å². The molecule has 0 unspecified atom stereocenters. The number of furan rings is 1. The largest absolute Gasteiger partial charge is 0.455 e. The Kier molecular flexibility index (Phi) is 6.23. The lowest BCUT2D eigenvalue weighted by Crippen LogP contribution is -2.36. The maximum atomic E-state index is 6.73. The smallest absolute Gasteiger partial charge is 0.143 e. The summed E-state index contributed by atoms with van der Waals surface area (Å²) in [5.74, 6) is 0. The van der Waals surface area contributed by atoms with Gasteiger partial charge in [-0.25, -0.2) is 0 Å². The molecule has 2 heterocycles. The second-order valence-electron chi connectivity index (χ2n) is 14.4. The Labute approximate surface area is 316 Å². The molecule has 0 radical (unpaired) electrons. The van der Waals surface area contributed by atoms with Gasteiger partial charge in [0.2, 0.25) is 0 Å². The molecule has 0 bridgehead atoms. The van der Waals surface area contributed by atoms with Crippen molar-refractivity contribution in [1.82, 2.24) is 0 Å². The van der Waals surface area contributed by atoms with Gasteiger partial charge < -0.3 is 9.32 Å². The Hall–Kier alpha value is -6.55. The van der Waals surface area contributed by atoms with Gasteiger partial charge in [0.25, 0.3) is 0 Å². The monoisotopic (exact) mass is 705 g/mol. The third-order valence-electron chi connectivity index (χ3n) is 11.7. The number of rotatable bonds is 3. The summed E-state index contributed by atoms with van der Waals surface area (Å²) in [6, 6.07) is 69.1. The number of nitrogens with zero attached hydrogens (tertiary/aromatic N) is 1. The average molecular weight is 706 g/mol. The summed E-state index contributed by atoms with van der Waals surface area (Å²) in [5, 5.41) is 7.17. The van der Waals surface area contributed by atoms with Gasteiger partial charge in [-0.05, 0) is 104 Å². The molecule has 0 fully saturated rings. The molecule has 1 aliphatic carbocycles. The lowest BCUT2D eigenvalue weighted by Gasteiger charge is -2.46. The van der Waals surface area contributed by atoms with Gasteiger partial charge in [0.05, 0.1) is 5.41 Å². The van der Waals surface area contributed by atoms with E-state index in [9.17, 15) is 0 Å². The van der Waals surface area contributed by atoms with Gasteiger partial charge in [-0.15, -0.1) is 0 Å². The fraction of sp³-hybridized carbons (Fsp3) is 0.0196. The predicted molar refractivity (Wildman–Crippen MR) is 225 cm³/mol. The quantitative estimate of drug-likeness (QED) is 0.182. The first-order chi connectivity index (χ1) is 26.8. The highest BCUT2D eigenvalue weighted by molar-refractivity contribution is 7.99. The van der Waals surface area contributed by atoms with E-state index in [0.717, 1.165) is 44.4 Å². The lowest BCUT2D eigenvalue weighted by molar-refractivity contribution is 0.672. The van der Waals surface area contributed by atoms with E-state index >= 15 is 0 Å². The summed E-state index contributed by atoms with van der Waals surface area (Å²) in [7, 11) is 0. The van der Waals surface area contributed by atoms with Crippen LogP contribution in [0.15, 0.2) is 202 Å². The highest BCUT2D eigenvalue weighted by Gasteiger charge is 2.48. The van der Waals surface area contributed by atoms with Crippen molar-refractivity contribution in [2.75, 3.05) is 4.90 Å². The van der Waals surface area contributed by atoms with Crippen LogP contribution in [-0.2, 0) is 5.41 Å². The van der Waals surface area contributed by atoms with E-state index in [1.54, 1.807) is 0 Å². The second-order valence-corrected chi connectivity index (χ2v) is 15.5. The first-order valence-corrected chi connectivity index (χ1v) is 19.3. The zero-order valence-electron chi connectivity index (χ0n) is 29.2. The van der Waals surface area contributed by atoms with Crippen molar-refractivity contribution in [1.29, 1.82) is 0 Å². The highest BCUT2D eigenvalue weighted by atomic mass is 32.2. The molecule has 54 heavy (non-hydrogen) atoms. The zero-order valence-corrected chi connectivity index (χ0v) is 30.0. The standard InChI is InChI=1S/C51H31NOS/c1-2-15-34(16-3-1)52(36-26-29-39-41-27-24-32-12-4-5-17-37(32)50(41)53-46(39)31-36)35-25-28-38-40-18-10-13-33-14-11-21-44(49(33)40)51(45(38)30-35)42-19-6-8-22-47(42)54-48-23-9-7-20-43(48)51/h1-31H. The minimum atomic E-state index is -0.524. The van der Waals surface area contributed by atoms with Crippen LogP contribution in [0.5, 0.6) is 0 Å². The van der Waals surface area contributed by atoms with Crippen LogP contribution in [0.3, 0.4) is 0 Å². The van der Waals surface area contributed by atoms with Gasteiger partial charge in [-0.1, -0.05) is 139 Å². The summed E-state index contributed by atoms with van der Waals surface area (Å²) in [5.41, 5.74) is 12.4. The fourth-order valence-electron chi connectivity index (χ4n) is 9.47. The lowest BCUT2D eigenvalue weighted by atomic mass is 9.59. The molecule has 12 rings (SSSR count). The molecule has 9 aromatic carbocycles. The van der Waals surface area contributed by atoms with Crippen LogP contribution < -0.4 is 4.90 Å². The van der Waals surface area contributed by atoms with Crippen molar-refractivity contribution in [3.63, 3.8) is 0 Å². The molecular formula is C51H31NOS. The average Bonchev–Trinajstić information content (AvgIpc) is 3.61. The molecule has 10 aromatic rings. The summed E-state index contributed by atoms with van der Waals surface area (Å²) in [6.07, 6.45) is 0. The second kappa shape index (κ2) is 11.2. The van der Waals surface area contributed by atoms with E-state index in [0.29, 0.717) is 0 Å². The molecular weight excluding hydrogens is 675 g/mol. The number of fused-ring (bicyclic) bond motifs is 13. The Morgan fingerprint density at radius 3 is 1.89 bits per heavy atom. The molecule has 1 aliphatic heterocycles. The van der Waals surface area contributed by atoms with E-state index in [-0.39, 0.29) is 0 Å². The molecule has 0 amide bonds. The zero-order chi connectivity index (χ0) is 35.4. The van der Waals surface area contributed by atoms with E-state index in [4.69, 9.17) is 4.42 Å². The highest BCUT2D eigenvalue weighted by Crippen LogP contribution is 2.61. The maximum absolute atomic E-state index is 6.73. The summed E-state index contributed by atoms with van der Waals surface area (Å²) >= 11 is 1.88. The maximum Gasteiger partial charge on any atom is 0.143 e. The number of hydrogen-bond acceptors (Lipinski definition) is 3. The number of anilines is 3. The van der Waals surface area contributed by atoms with Crippen molar-refractivity contribution in [3.05, 3.63) is 210 Å². The minimum absolute atomic E-state index is 0.524. The fourth-order valence-corrected chi connectivity index (χ4v) is 10.7. The first kappa shape index (κ1) is 30.0. The molecule has 2 aliphatic rings. The molecule has 0 atom stereocenters. The molecule has 1 spiro atoms. The number of para-hydroxylation sites is 1. The molecule has 3 heteroatoms. The first-order valence-electron chi connectivity index (χ1n) is 18.5. The molecule has 0 N–H and O–H groups in total. The van der Waals surface area contributed by atoms with Crippen LogP contribution in [0, 0.1) is 0 Å². The molecule has 0 saturated carbocycles. The van der Waals surface area contributed by atoms with E-state index in [2.05, 4.69) is 193 Å². The van der Waals surface area contributed by atoms with E-state index in [1.165, 1.54) is 59.3 Å². The van der Waals surface area contributed by atoms with Crippen molar-refractivity contribution in [2.45, 2.75) is 15.2 Å². The molecule has 252 valence electrons. The third-order valence-corrected chi connectivity index (χ3v) is 12.8. The Morgan fingerprint density at radius 2 is 1.06 bits per heavy atom. The van der Waals surface area contributed by atoms with Crippen LogP contribution in [0.2, 0.25) is 0 Å². The SMILES string of the molecule is c1ccc(N(c2ccc3c(c2)C2(c4ccccc4Sc4ccccc42)c2cccc4cccc-3c24)c2ccc3c(c2)oc2c4ccccc4ccc32)cc1. The van der Waals surface area contributed by atoms with Crippen molar-refractivity contribution < 1.29 is 4.42 Å². The van der Waals surface area contributed by atoms with Gasteiger partial charge in [-0.3, -0.25) is 0 Å². The van der Waals surface area contributed by atoms with Gasteiger partial charge in [-0.2, -0.15) is 0 Å². The van der Waals surface area contributed by atoms with Crippen LogP contribution in [0.4, 0.5) is 17.1 Å². The normalized spacial score (nSPS) is 13.6. The predicted octanol–water partition coefficient (Wildman–Crippen LogP) is 14.2. The Morgan fingerprint density at radius 1 is 0.407 bits per heavy atom. The van der Waals surface area contributed by atoms with Crippen LogP contribution >= 0.6 is 11.8 Å². The number of hydrogen-bond donors (Lipinski definition) is 0. The summed E-state index contributed by atoms with van der Waals surface area (Å²) < 4.78 is 6.73. The van der Waals surface area contributed by atoms with Gasteiger partial charge >= 0.3 is 0 Å². The van der Waals surface area contributed by atoms with Crippen molar-refractivity contribution in [2.24, 2.45) is 0 Å². The van der Waals surface area contributed by atoms with Crippen LogP contribution in [0.25, 0.3) is 54.6 Å². The topological polar surface area (TPSA) is 16.4 Å². The van der Waals surface area contributed by atoms with Crippen LogP contribution in [-0.4, -0.2) is 0 Å². The Balaban J connectivity index is 1.16. The third kappa shape index (κ3) is 4.02. The van der Waals surface area contributed by atoms with E-state index < -0.39 is 5.41 Å². The van der Waals surface area contributed by atoms with Crippen LogP contribution in [0.1, 0.15) is 22.3 Å². The molecule has 0 saturated heterocycles. The number of benzene rings is 9. The van der Waals surface area contributed by atoms with Gasteiger partial charge in [0.15, 0.2) is 0 Å². The minimum Gasteiger partial charge on any atom is -0.455 e. The summed E-state index contributed by atoms with van der Waals surface area (Å²) in [6.45, 7) is 0. The summed E-state index contributed by atoms with van der Waals surface area (Å²) in [4.78, 5) is 4.98. The Bertz CT molecular complexity index is 3110. The molecule has 1 aromatic heterocycles. The molecule has 2 nitrogen and oxygen atoms in total. The van der Waals surface area contributed by atoms with E-state index in [1.807, 2.05) is 11.8 Å². The van der Waals surface area contributed by atoms with Gasteiger partial charge in [0.1, 0.15) is 11.2 Å².